The molecule has 0 aromatic heterocycles. The van der Waals surface area contributed by atoms with Gasteiger partial charge in [0.25, 0.3) is 0 Å². The van der Waals surface area contributed by atoms with Crippen LogP contribution in [0.4, 0.5) is 0 Å². The molecule has 0 bridgehead atoms. The Morgan fingerprint density at radius 3 is 2.83 bits per heavy atom. The molecule has 0 aromatic rings. The first-order valence-electron chi connectivity index (χ1n) is 4.17. The van der Waals surface area contributed by atoms with Crippen molar-refractivity contribution < 1.29 is 4.74 Å². The molecule has 0 rings (SSSR count). The summed E-state index contributed by atoms with van der Waals surface area (Å²) in [5, 5.41) is 6.96. The van der Waals surface area contributed by atoms with Crippen molar-refractivity contribution in [1.29, 1.82) is 5.41 Å². The van der Waals surface area contributed by atoms with Crippen molar-refractivity contribution in [2.24, 2.45) is 4.99 Å². The molecule has 68 valence electrons. The monoisotopic (exact) mass is 168 g/mol. The molecule has 0 fully saturated rings. The quantitative estimate of drug-likeness (QED) is 0.382. The highest BCUT2D eigenvalue weighted by Crippen LogP contribution is 1.89. The van der Waals surface area contributed by atoms with E-state index in [0.717, 1.165) is 19.1 Å². The van der Waals surface area contributed by atoms with Gasteiger partial charge in [-0.3, -0.25) is 0 Å². The SMILES string of the molecule is C/C=C\N=C(/C=N)OCCCC. The Morgan fingerprint density at radius 1 is 1.58 bits per heavy atom. The van der Waals surface area contributed by atoms with Crippen molar-refractivity contribution in [2.45, 2.75) is 26.7 Å². The van der Waals surface area contributed by atoms with Crippen LogP contribution in [0.15, 0.2) is 17.3 Å². The maximum Gasteiger partial charge on any atom is 0.231 e. The topological polar surface area (TPSA) is 45.4 Å². The van der Waals surface area contributed by atoms with E-state index in [1.807, 2.05) is 6.92 Å². The summed E-state index contributed by atoms with van der Waals surface area (Å²) in [5.41, 5.74) is 0. The van der Waals surface area contributed by atoms with Gasteiger partial charge in [-0.15, -0.1) is 0 Å². The van der Waals surface area contributed by atoms with Crippen LogP contribution in [0.25, 0.3) is 0 Å². The van der Waals surface area contributed by atoms with Crippen molar-refractivity contribution in [1.82, 2.24) is 0 Å². The minimum atomic E-state index is 0.376. The fourth-order valence-electron chi connectivity index (χ4n) is 0.585. The van der Waals surface area contributed by atoms with Crippen LogP contribution in [-0.2, 0) is 4.74 Å². The Bertz CT molecular complexity index is 173. The average molecular weight is 168 g/mol. The fourth-order valence-corrected chi connectivity index (χ4v) is 0.585. The summed E-state index contributed by atoms with van der Waals surface area (Å²) in [5.74, 6) is 0.376. The first kappa shape index (κ1) is 10.9. The third kappa shape index (κ3) is 5.65. The molecule has 0 amide bonds. The minimum Gasteiger partial charge on any atom is -0.477 e. The smallest absolute Gasteiger partial charge is 0.231 e. The number of rotatable bonds is 5. The number of nitrogens with one attached hydrogen (secondary N) is 1. The van der Waals surface area contributed by atoms with Gasteiger partial charge in [0.05, 0.1) is 12.8 Å². The Balaban J connectivity index is 3.74. The molecule has 0 spiro atoms. The van der Waals surface area contributed by atoms with Gasteiger partial charge in [-0.2, -0.15) is 0 Å². The van der Waals surface area contributed by atoms with Gasteiger partial charge in [-0.1, -0.05) is 19.4 Å². The molecule has 0 heterocycles. The normalized spacial score (nSPS) is 12.0. The Labute approximate surface area is 73.7 Å². The van der Waals surface area contributed by atoms with Crippen LogP contribution in [0.1, 0.15) is 26.7 Å². The molecule has 0 saturated heterocycles. The zero-order valence-electron chi connectivity index (χ0n) is 7.71. The molecule has 0 atom stereocenters. The number of ether oxygens (including phenoxy) is 1. The van der Waals surface area contributed by atoms with E-state index in [2.05, 4.69) is 11.9 Å². The molecule has 0 aliphatic heterocycles. The summed E-state index contributed by atoms with van der Waals surface area (Å²) < 4.78 is 5.19. The standard InChI is InChI=1S/C9H16N2O/c1-3-5-7-12-9(8-10)11-6-4-2/h4,6,8,10H,3,5,7H2,1-2H3/b6-4-,10-8?,11-9+. The summed E-state index contributed by atoms with van der Waals surface area (Å²) >= 11 is 0. The van der Waals surface area contributed by atoms with Gasteiger partial charge in [0.15, 0.2) is 0 Å². The Hall–Kier alpha value is -1.12. The number of hydrogen-bond acceptors (Lipinski definition) is 3. The maximum absolute atomic E-state index is 6.96. The van der Waals surface area contributed by atoms with E-state index in [-0.39, 0.29) is 0 Å². The lowest BCUT2D eigenvalue weighted by Gasteiger charge is -2.01. The summed E-state index contributed by atoms with van der Waals surface area (Å²) in [4.78, 5) is 3.90. The molecule has 0 aliphatic carbocycles. The molecule has 0 unspecified atom stereocenters. The second-order valence-electron chi connectivity index (χ2n) is 2.30. The van der Waals surface area contributed by atoms with E-state index >= 15 is 0 Å². The van der Waals surface area contributed by atoms with E-state index < -0.39 is 0 Å². The van der Waals surface area contributed by atoms with Gasteiger partial charge >= 0.3 is 0 Å². The predicted octanol–water partition coefficient (Wildman–Crippen LogP) is 2.38. The van der Waals surface area contributed by atoms with E-state index in [1.54, 1.807) is 12.3 Å². The average Bonchev–Trinajstić information content (AvgIpc) is 2.11. The zero-order chi connectivity index (χ0) is 9.23. The Kier molecular flexibility index (Phi) is 7.24. The largest absolute Gasteiger partial charge is 0.477 e. The lowest BCUT2D eigenvalue weighted by atomic mass is 10.4. The summed E-state index contributed by atoms with van der Waals surface area (Å²) in [6, 6.07) is 0. The van der Waals surface area contributed by atoms with Crippen LogP contribution < -0.4 is 0 Å². The van der Waals surface area contributed by atoms with Gasteiger partial charge in [0, 0.05) is 6.20 Å². The lowest BCUT2D eigenvalue weighted by molar-refractivity contribution is 0.303. The Morgan fingerprint density at radius 2 is 2.33 bits per heavy atom. The van der Waals surface area contributed by atoms with E-state index in [0.29, 0.717) is 12.5 Å². The van der Waals surface area contributed by atoms with E-state index in [1.165, 1.54) is 0 Å². The molecule has 0 saturated carbocycles. The maximum atomic E-state index is 6.96. The molecule has 3 nitrogen and oxygen atoms in total. The molecule has 0 aromatic carbocycles. The molecule has 12 heavy (non-hydrogen) atoms. The highest BCUT2D eigenvalue weighted by Gasteiger charge is 1.91. The van der Waals surface area contributed by atoms with Crippen LogP contribution in [0, 0.1) is 5.41 Å². The van der Waals surface area contributed by atoms with Gasteiger partial charge < -0.3 is 10.1 Å². The summed E-state index contributed by atoms with van der Waals surface area (Å²) in [6.45, 7) is 4.61. The highest BCUT2D eigenvalue weighted by molar-refractivity contribution is 6.25. The molecular formula is C9H16N2O. The van der Waals surface area contributed by atoms with E-state index in [9.17, 15) is 0 Å². The van der Waals surface area contributed by atoms with E-state index in [4.69, 9.17) is 10.1 Å². The van der Waals surface area contributed by atoms with Crippen LogP contribution >= 0.6 is 0 Å². The van der Waals surface area contributed by atoms with Crippen molar-refractivity contribution in [3.63, 3.8) is 0 Å². The molecular weight excluding hydrogens is 152 g/mol. The lowest BCUT2D eigenvalue weighted by Crippen LogP contribution is -2.06. The second-order valence-corrected chi connectivity index (χ2v) is 2.30. The van der Waals surface area contributed by atoms with Crippen LogP contribution in [-0.4, -0.2) is 18.7 Å². The summed E-state index contributed by atoms with van der Waals surface area (Å²) in [7, 11) is 0. The molecule has 0 aliphatic rings. The van der Waals surface area contributed by atoms with Gasteiger partial charge in [0.1, 0.15) is 0 Å². The minimum absolute atomic E-state index is 0.376. The third-order valence-corrected chi connectivity index (χ3v) is 1.22. The first-order chi connectivity index (χ1) is 5.85. The third-order valence-electron chi connectivity index (χ3n) is 1.22. The zero-order valence-corrected chi connectivity index (χ0v) is 7.71. The fraction of sp³-hybridized carbons (Fsp3) is 0.556. The molecule has 0 radical (unpaired) electrons. The molecule has 1 N–H and O–H groups in total. The number of aliphatic imine (C=N–C) groups is 1. The van der Waals surface area contributed by atoms with Crippen molar-refractivity contribution in [3.8, 4) is 0 Å². The number of allylic oxidation sites excluding steroid dienone is 1. The van der Waals surface area contributed by atoms with Gasteiger partial charge in [0.2, 0.25) is 5.90 Å². The number of nitrogens with zero attached hydrogens (tertiary/aromatic N) is 1. The summed E-state index contributed by atoms with van der Waals surface area (Å²) in [6.07, 6.45) is 6.63. The predicted molar refractivity (Wildman–Crippen MR) is 51.9 cm³/mol. The second kappa shape index (κ2) is 7.98. The van der Waals surface area contributed by atoms with Crippen LogP contribution in [0.3, 0.4) is 0 Å². The van der Waals surface area contributed by atoms with Crippen LogP contribution in [0.5, 0.6) is 0 Å². The van der Waals surface area contributed by atoms with Crippen molar-refractivity contribution in [2.75, 3.05) is 6.61 Å². The van der Waals surface area contributed by atoms with Crippen LogP contribution in [0.2, 0.25) is 0 Å². The number of unbranched alkanes of at least 4 members (excludes halogenated alkanes) is 1. The number of hydrogen-bond donors (Lipinski definition) is 1. The van der Waals surface area contributed by atoms with Crippen molar-refractivity contribution >= 4 is 12.1 Å². The van der Waals surface area contributed by atoms with Gasteiger partial charge in [-0.25, -0.2) is 4.99 Å². The first-order valence-corrected chi connectivity index (χ1v) is 4.17. The van der Waals surface area contributed by atoms with Crippen molar-refractivity contribution in [3.05, 3.63) is 12.3 Å². The van der Waals surface area contributed by atoms with Gasteiger partial charge in [-0.05, 0) is 13.3 Å². The highest BCUT2D eigenvalue weighted by atomic mass is 16.5. The molecule has 3 heteroatoms.